The molecule has 1 fully saturated rings. The van der Waals surface area contributed by atoms with Crippen molar-refractivity contribution in [1.29, 1.82) is 0 Å². The van der Waals surface area contributed by atoms with E-state index in [-0.39, 0.29) is 0 Å². The van der Waals surface area contributed by atoms with E-state index in [2.05, 4.69) is 48.7 Å². The van der Waals surface area contributed by atoms with Crippen molar-refractivity contribution in [2.24, 2.45) is 7.05 Å². The van der Waals surface area contributed by atoms with Crippen LogP contribution in [-0.2, 0) is 7.05 Å². The molecule has 0 radical (unpaired) electrons. The molecule has 1 heterocycles. The molecule has 0 spiro atoms. The quantitative estimate of drug-likeness (QED) is 0.588. The van der Waals surface area contributed by atoms with Crippen LogP contribution in [-0.4, -0.2) is 4.68 Å². The summed E-state index contributed by atoms with van der Waals surface area (Å²) in [4.78, 5) is 0. The molecular formula is C11H21N2+. The molecule has 1 aromatic heterocycles. The molecule has 2 rings (SSSR count). The van der Waals surface area contributed by atoms with Crippen LogP contribution in [0.3, 0.4) is 0 Å². The third-order valence-electron chi connectivity index (χ3n) is 2.35. The van der Waals surface area contributed by atoms with Gasteiger partial charge in [0, 0.05) is 6.07 Å². The van der Waals surface area contributed by atoms with E-state index in [1.807, 2.05) is 0 Å². The molecule has 2 heteroatoms. The maximum atomic E-state index is 2.31. The van der Waals surface area contributed by atoms with Gasteiger partial charge in [0.05, 0.1) is 12.2 Å². The Balaban J connectivity index is 0.000000251. The highest BCUT2D eigenvalue weighted by Gasteiger charge is 2.23. The second kappa shape index (κ2) is 5.05. The Kier molecular flexibility index (Phi) is 4.00. The third-order valence-corrected chi connectivity index (χ3v) is 2.35. The molecule has 0 aliphatic heterocycles. The second-order valence-electron chi connectivity index (χ2n) is 3.74. The van der Waals surface area contributed by atoms with Crippen LogP contribution in [0.25, 0.3) is 0 Å². The molecule has 0 aromatic carbocycles. The maximum Gasteiger partial charge on any atom is 0.195 e. The molecule has 2 nitrogen and oxygen atoms in total. The van der Waals surface area contributed by atoms with Gasteiger partial charge >= 0.3 is 0 Å². The monoisotopic (exact) mass is 181 g/mol. The Labute approximate surface area is 81.2 Å². The SMILES string of the molecule is CCC.C[n+]1cccn1C1CCC1. The molecule has 1 aliphatic rings. The molecule has 74 valence electrons. The fourth-order valence-electron chi connectivity index (χ4n) is 1.46. The number of hydrogen-bond acceptors (Lipinski definition) is 0. The molecule has 0 amide bonds. The van der Waals surface area contributed by atoms with Gasteiger partial charge in [-0.25, -0.2) is 0 Å². The van der Waals surface area contributed by atoms with E-state index >= 15 is 0 Å². The smallest absolute Gasteiger partial charge is 0.158 e. The zero-order valence-corrected chi connectivity index (χ0v) is 9.03. The van der Waals surface area contributed by atoms with Crippen molar-refractivity contribution in [3.05, 3.63) is 18.5 Å². The van der Waals surface area contributed by atoms with Crippen molar-refractivity contribution in [3.63, 3.8) is 0 Å². The maximum absolute atomic E-state index is 2.31. The first-order valence-electron chi connectivity index (χ1n) is 5.32. The zero-order chi connectivity index (χ0) is 9.68. The summed E-state index contributed by atoms with van der Waals surface area (Å²) in [6.45, 7) is 4.25. The summed E-state index contributed by atoms with van der Waals surface area (Å²) in [5.74, 6) is 0. The largest absolute Gasteiger partial charge is 0.195 e. The molecule has 0 N–H and O–H groups in total. The minimum Gasteiger partial charge on any atom is -0.158 e. The predicted molar refractivity (Wildman–Crippen MR) is 54.5 cm³/mol. The van der Waals surface area contributed by atoms with E-state index in [1.54, 1.807) is 0 Å². The number of rotatable bonds is 1. The highest BCUT2D eigenvalue weighted by atomic mass is 15.4. The molecule has 1 saturated carbocycles. The molecule has 1 aromatic rings. The lowest BCUT2D eigenvalue weighted by atomic mass is 9.93. The van der Waals surface area contributed by atoms with Crippen molar-refractivity contribution in [2.45, 2.75) is 45.6 Å². The zero-order valence-electron chi connectivity index (χ0n) is 9.03. The summed E-state index contributed by atoms with van der Waals surface area (Å²) >= 11 is 0. The van der Waals surface area contributed by atoms with Crippen LogP contribution in [0.1, 0.15) is 45.6 Å². The van der Waals surface area contributed by atoms with Gasteiger partial charge in [-0.3, -0.25) is 0 Å². The lowest BCUT2D eigenvalue weighted by Gasteiger charge is -2.23. The average molecular weight is 181 g/mol. The summed E-state index contributed by atoms with van der Waals surface area (Å²) in [7, 11) is 2.10. The van der Waals surface area contributed by atoms with Gasteiger partial charge < -0.3 is 0 Å². The summed E-state index contributed by atoms with van der Waals surface area (Å²) in [5, 5.41) is 0. The standard InChI is InChI=1S/C8H13N2.C3H8/c1-9-6-3-7-10(9)8-4-2-5-8;1-3-2/h3,6-8H,2,4-5H2,1H3;3H2,1-2H3/q+1;. The highest BCUT2D eigenvalue weighted by Crippen LogP contribution is 2.29. The summed E-state index contributed by atoms with van der Waals surface area (Å²) in [6, 6.07) is 2.89. The van der Waals surface area contributed by atoms with Gasteiger partial charge in [0.1, 0.15) is 0 Å². The van der Waals surface area contributed by atoms with Gasteiger partial charge in [-0.2, -0.15) is 4.68 Å². The first-order valence-corrected chi connectivity index (χ1v) is 5.32. The Morgan fingerprint density at radius 1 is 1.38 bits per heavy atom. The summed E-state index contributed by atoms with van der Waals surface area (Å²) in [6.07, 6.45) is 9.63. The lowest BCUT2D eigenvalue weighted by Crippen LogP contribution is -2.41. The van der Waals surface area contributed by atoms with Gasteiger partial charge in [-0.1, -0.05) is 20.3 Å². The summed E-state index contributed by atoms with van der Waals surface area (Å²) < 4.78 is 4.47. The molecule has 13 heavy (non-hydrogen) atoms. The van der Waals surface area contributed by atoms with Gasteiger partial charge in [-0.15, -0.1) is 4.68 Å². The van der Waals surface area contributed by atoms with E-state index in [9.17, 15) is 0 Å². The molecule has 0 unspecified atom stereocenters. The molecule has 1 aliphatic carbocycles. The Bertz CT molecular complexity index is 236. The van der Waals surface area contributed by atoms with Crippen LogP contribution in [0, 0.1) is 0 Å². The fourth-order valence-corrected chi connectivity index (χ4v) is 1.46. The predicted octanol–water partition coefficient (Wildman–Crippen LogP) is 2.45. The number of aryl methyl sites for hydroxylation is 1. The van der Waals surface area contributed by atoms with Crippen LogP contribution in [0.5, 0.6) is 0 Å². The molecule has 0 saturated heterocycles. The first-order chi connectivity index (χ1) is 6.29. The normalized spacial score (nSPS) is 15.9. The van der Waals surface area contributed by atoms with E-state index in [0.29, 0.717) is 0 Å². The Hall–Kier alpha value is -0.790. The van der Waals surface area contributed by atoms with Crippen molar-refractivity contribution >= 4 is 0 Å². The topological polar surface area (TPSA) is 8.81 Å². The lowest BCUT2D eigenvalue weighted by molar-refractivity contribution is -0.757. The fraction of sp³-hybridized carbons (Fsp3) is 0.727. The van der Waals surface area contributed by atoms with Crippen molar-refractivity contribution in [1.82, 2.24) is 4.68 Å². The van der Waals surface area contributed by atoms with Crippen LogP contribution in [0.4, 0.5) is 0 Å². The van der Waals surface area contributed by atoms with E-state index in [1.165, 1.54) is 25.7 Å². The minimum absolute atomic E-state index is 0.792. The first kappa shape index (κ1) is 10.3. The highest BCUT2D eigenvalue weighted by molar-refractivity contribution is 4.79. The van der Waals surface area contributed by atoms with E-state index < -0.39 is 0 Å². The van der Waals surface area contributed by atoms with Crippen LogP contribution >= 0.6 is 0 Å². The summed E-state index contributed by atoms with van der Waals surface area (Å²) in [5.41, 5.74) is 0. The van der Waals surface area contributed by atoms with Gasteiger partial charge in [-0.05, 0) is 19.3 Å². The second-order valence-corrected chi connectivity index (χ2v) is 3.74. The molecule has 0 bridgehead atoms. The average Bonchev–Trinajstić information content (AvgIpc) is 2.35. The van der Waals surface area contributed by atoms with Gasteiger partial charge in [0.15, 0.2) is 13.2 Å². The van der Waals surface area contributed by atoms with E-state index in [4.69, 9.17) is 0 Å². The van der Waals surface area contributed by atoms with Crippen LogP contribution < -0.4 is 4.68 Å². The third kappa shape index (κ3) is 2.58. The van der Waals surface area contributed by atoms with Gasteiger partial charge in [0.2, 0.25) is 0 Å². The minimum atomic E-state index is 0.792. The van der Waals surface area contributed by atoms with Crippen LogP contribution in [0.2, 0.25) is 0 Å². The van der Waals surface area contributed by atoms with Crippen molar-refractivity contribution in [3.8, 4) is 0 Å². The number of nitrogens with zero attached hydrogens (tertiary/aromatic N) is 2. The molecule has 0 atom stereocenters. The number of hydrogen-bond donors (Lipinski definition) is 0. The number of aromatic nitrogens is 2. The molecular weight excluding hydrogens is 160 g/mol. The van der Waals surface area contributed by atoms with Crippen molar-refractivity contribution < 1.29 is 4.68 Å². The van der Waals surface area contributed by atoms with Crippen LogP contribution in [0.15, 0.2) is 18.5 Å². The Morgan fingerprint density at radius 2 is 2.00 bits per heavy atom. The Morgan fingerprint density at radius 3 is 2.31 bits per heavy atom. The van der Waals surface area contributed by atoms with Gasteiger partial charge in [0.25, 0.3) is 0 Å². The van der Waals surface area contributed by atoms with Crippen molar-refractivity contribution in [2.75, 3.05) is 0 Å². The van der Waals surface area contributed by atoms with E-state index in [0.717, 1.165) is 6.04 Å².